The van der Waals surface area contributed by atoms with E-state index < -0.39 is 5.92 Å². The Hall–Kier alpha value is -4.58. The van der Waals surface area contributed by atoms with Gasteiger partial charge in [-0.2, -0.15) is 5.26 Å². The molecule has 0 aliphatic carbocycles. The van der Waals surface area contributed by atoms with Crippen molar-refractivity contribution in [2.45, 2.75) is 25.8 Å². The lowest BCUT2D eigenvalue weighted by Gasteiger charge is -2.28. The van der Waals surface area contributed by atoms with Crippen molar-refractivity contribution in [3.8, 4) is 34.8 Å². The van der Waals surface area contributed by atoms with E-state index in [2.05, 4.69) is 6.07 Å². The van der Waals surface area contributed by atoms with Crippen LogP contribution in [-0.2, 0) is 13.0 Å². The van der Waals surface area contributed by atoms with Gasteiger partial charge in [0.25, 0.3) is 5.56 Å². The smallest absolute Gasteiger partial charge is 0.258 e. The number of pyridine rings is 1. The van der Waals surface area contributed by atoms with E-state index in [4.69, 9.17) is 29.4 Å². The number of allylic oxidation sites excluding steroid dienone is 1. The van der Waals surface area contributed by atoms with Crippen LogP contribution in [0.2, 0.25) is 0 Å². The summed E-state index contributed by atoms with van der Waals surface area (Å²) in [6.45, 7) is 2.23. The van der Waals surface area contributed by atoms with Gasteiger partial charge in [-0.1, -0.05) is 18.2 Å². The Morgan fingerprint density at radius 3 is 2.38 bits per heavy atom. The third-order valence-electron chi connectivity index (χ3n) is 6.51. The van der Waals surface area contributed by atoms with Crippen LogP contribution in [-0.4, -0.2) is 33.0 Å². The average molecular weight is 504 g/mol. The highest BCUT2D eigenvalue weighted by Crippen LogP contribution is 2.46. The second kappa shape index (κ2) is 10.6. The molecule has 1 atom stereocenters. The summed E-state index contributed by atoms with van der Waals surface area (Å²) >= 11 is 0. The largest absolute Gasteiger partial charge is 0.493 e. The van der Waals surface area contributed by atoms with Crippen LogP contribution in [0, 0.1) is 18.3 Å². The first-order chi connectivity index (χ1) is 17.9. The lowest BCUT2D eigenvalue weighted by molar-refractivity contribution is 0.348. The maximum Gasteiger partial charge on any atom is 0.258 e. The Morgan fingerprint density at radius 2 is 1.73 bits per heavy atom. The molecule has 1 aromatic heterocycles. The number of rotatable bonds is 8. The standard InChI is InChI=1S/C28H29N3O6/c1-16-13-23-25(28(32)31(16)12-11-17-9-10-20(33-2)22(14-17)35-4)24(19(15-29)27(30)37-23)18-7-6-8-21(34-3)26(18)36-5/h6-10,13-14,24H,11-12,30H2,1-5H3/t24-/m0/s1. The van der Waals surface area contributed by atoms with E-state index in [9.17, 15) is 10.1 Å². The number of hydrogen-bond donors (Lipinski definition) is 1. The van der Waals surface area contributed by atoms with E-state index in [0.29, 0.717) is 58.5 Å². The summed E-state index contributed by atoms with van der Waals surface area (Å²) in [5.41, 5.74) is 8.59. The van der Waals surface area contributed by atoms with Gasteiger partial charge in [0.05, 0.1) is 39.9 Å². The van der Waals surface area contributed by atoms with Gasteiger partial charge < -0.3 is 34.0 Å². The second-order valence-electron chi connectivity index (χ2n) is 8.47. The maximum atomic E-state index is 14.0. The summed E-state index contributed by atoms with van der Waals surface area (Å²) in [7, 11) is 6.20. The van der Waals surface area contributed by atoms with Crippen molar-refractivity contribution in [1.29, 1.82) is 5.26 Å². The average Bonchev–Trinajstić information content (AvgIpc) is 2.91. The zero-order valence-corrected chi connectivity index (χ0v) is 21.5. The molecular weight excluding hydrogens is 474 g/mol. The third kappa shape index (κ3) is 4.54. The van der Waals surface area contributed by atoms with Gasteiger partial charge in [0.1, 0.15) is 17.4 Å². The number of hydrogen-bond acceptors (Lipinski definition) is 8. The first-order valence-electron chi connectivity index (χ1n) is 11.6. The van der Waals surface area contributed by atoms with E-state index in [1.54, 1.807) is 43.1 Å². The summed E-state index contributed by atoms with van der Waals surface area (Å²) < 4.78 is 29.3. The Bertz CT molecular complexity index is 1470. The Labute approximate surface area is 215 Å². The molecule has 37 heavy (non-hydrogen) atoms. The number of nitrogens with zero attached hydrogens (tertiary/aromatic N) is 2. The maximum absolute atomic E-state index is 14.0. The lowest BCUT2D eigenvalue weighted by Crippen LogP contribution is -2.33. The van der Waals surface area contributed by atoms with Gasteiger partial charge in [0, 0.05) is 23.9 Å². The fourth-order valence-corrected chi connectivity index (χ4v) is 4.69. The van der Waals surface area contributed by atoms with Crippen molar-refractivity contribution in [2.75, 3.05) is 28.4 Å². The molecule has 9 heteroatoms. The van der Waals surface area contributed by atoms with Crippen molar-refractivity contribution < 1.29 is 23.7 Å². The molecule has 1 aliphatic rings. The summed E-state index contributed by atoms with van der Waals surface area (Å²) in [4.78, 5) is 14.0. The highest BCUT2D eigenvalue weighted by Gasteiger charge is 2.36. The molecular formula is C28H29N3O6. The number of fused-ring (bicyclic) bond motifs is 1. The minimum absolute atomic E-state index is 0.0493. The van der Waals surface area contributed by atoms with E-state index >= 15 is 0 Å². The van der Waals surface area contributed by atoms with E-state index in [0.717, 1.165) is 5.56 Å². The lowest BCUT2D eigenvalue weighted by atomic mass is 9.83. The highest BCUT2D eigenvalue weighted by atomic mass is 16.5. The van der Waals surface area contributed by atoms with Crippen LogP contribution in [0.4, 0.5) is 0 Å². The molecule has 0 unspecified atom stereocenters. The first kappa shape index (κ1) is 25.5. The second-order valence-corrected chi connectivity index (χ2v) is 8.47. The number of nitriles is 1. The molecule has 2 N–H and O–H groups in total. The van der Waals surface area contributed by atoms with E-state index in [-0.39, 0.29) is 17.0 Å². The van der Waals surface area contributed by atoms with Crippen molar-refractivity contribution >= 4 is 0 Å². The molecule has 0 saturated heterocycles. The third-order valence-corrected chi connectivity index (χ3v) is 6.51. The Morgan fingerprint density at radius 1 is 1.00 bits per heavy atom. The van der Waals surface area contributed by atoms with Crippen molar-refractivity contribution in [3.05, 3.63) is 86.7 Å². The molecule has 2 aromatic carbocycles. The Kier molecular flexibility index (Phi) is 7.30. The van der Waals surface area contributed by atoms with Gasteiger partial charge in [-0.15, -0.1) is 0 Å². The van der Waals surface area contributed by atoms with Gasteiger partial charge in [-0.05, 0) is 37.1 Å². The van der Waals surface area contributed by atoms with Crippen LogP contribution in [0.1, 0.15) is 28.3 Å². The predicted octanol–water partition coefficient (Wildman–Crippen LogP) is 3.65. The normalized spacial score (nSPS) is 14.3. The molecule has 4 rings (SSSR count). The van der Waals surface area contributed by atoms with Gasteiger partial charge in [0.2, 0.25) is 5.88 Å². The molecule has 9 nitrogen and oxygen atoms in total. The van der Waals surface area contributed by atoms with Crippen LogP contribution in [0.3, 0.4) is 0 Å². The van der Waals surface area contributed by atoms with E-state index in [1.807, 2.05) is 25.1 Å². The SMILES string of the molecule is COc1ccc(CCn2c(C)cc3c(c2=O)[C@@H](c2cccc(OC)c2OC)C(C#N)=C(N)O3)cc1OC. The van der Waals surface area contributed by atoms with Crippen molar-refractivity contribution in [3.63, 3.8) is 0 Å². The molecule has 2 heterocycles. The van der Waals surface area contributed by atoms with Crippen LogP contribution < -0.4 is 35.0 Å². The number of ether oxygens (including phenoxy) is 5. The molecule has 0 saturated carbocycles. The first-order valence-corrected chi connectivity index (χ1v) is 11.6. The van der Waals surface area contributed by atoms with Crippen LogP contribution in [0.15, 0.2) is 58.7 Å². The predicted molar refractivity (Wildman–Crippen MR) is 138 cm³/mol. The molecule has 0 spiro atoms. The number of benzene rings is 2. The number of nitrogens with two attached hydrogens (primary N) is 1. The van der Waals surface area contributed by atoms with Crippen molar-refractivity contribution in [1.82, 2.24) is 4.57 Å². The highest BCUT2D eigenvalue weighted by molar-refractivity contribution is 5.60. The minimum atomic E-state index is -0.792. The molecule has 192 valence electrons. The molecule has 3 aromatic rings. The van der Waals surface area contributed by atoms with Crippen LogP contribution in [0.25, 0.3) is 0 Å². The zero-order valence-electron chi connectivity index (χ0n) is 21.5. The Balaban J connectivity index is 1.83. The topological polar surface area (TPSA) is 118 Å². The summed E-state index contributed by atoms with van der Waals surface area (Å²) in [5.74, 6) is 1.62. The number of aromatic nitrogens is 1. The number of methoxy groups -OCH3 is 4. The van der Waals surface area contributed by atoms with E-state index in [1.165, 1.54) is 14.2 Å². The van der Waals surface area contributed by atoms with Crippen LogP contribution in [0.5, 0.6) is 28.7 Å². The molecule has 1 aliphatic heterocycles. The quantitative estimate of drug-likeness (QED) is 0.495. The minimum Gasteiger partial charge on any atom is -0.493 e. The fraction of sp³-hybridized carbons (Fsp3) is 0.286. The summed E-state index contributed by atoms with van der Waals surface area (Å²) in [6, 6.07) is 14.9. The fourth-order valence-electron chi connectivity index (χ4n) is 4.69. The summed E-state index contributed by atoms with van der Waals surface area (Å²) in [5, 5.41) is 10.00. The van der Waals surface area contributed by atoms with Gasteiger partial charge in [0.15, 0.2) is 23.0 Å². The summed E-state index contributed by atoms with van der Waals surface area (Å²) in [6.07, 6.45) is 0.566. The zero-order chi connectivity index (χ0) is 26.7. The van der Waals surface area contributed by atoms with Crippen LogP contribution >= 0.6 is 0 Å². The molecule has 0 bridgehead atoms. The number of para-hydroxylation sites is 1. The number of aryl methyl sites for hydroxylation is 2. The monoisotopic (exact) mass is 503 g/mol. The van der Waals surface area contributed by atoms with Crippen molar-refractivity contribution in [2.24, 2.45) is 5.73 Å². The van der Waals surface area contributed by atoms with Gasteiger partial charge >= 0.3 is 0 Å². The molecule has 0 amide bonds. The molecule has 0 radical (unpaired) electrons. The van der Waals surface area contributed by atoms with Gasteiger partial charge in [-0.25, -0.2) is 0 Å². The van der Waals surface area contributed by atoms with Gasteiger partial charge in [-0.3, -0.25) is 4.79 Å². The molecule has 0 fully saturated rings.